The minimum atomic E-state index is -0.469. The lowest BCUT2D eigenvalue weighted by Gasteiger charge is -2.09. The minimum absolute atomic E-state index is 0.169. The van der Waals surface area contributed by atoms with Gasteiger partial charge in [0.1, 0.15) is 5.60 Å². The summed E-state index contributed by atoms with van der Waals surface area (Å²) in [7, 11) is 3.03. The number of carbonyl (C=O) groups excluding carboxylic acids is 1. The first kappa shape index (κ1) is 11.9. The quantitative estimate of drug-likeness (QED) is 0.747. The Bertz CT molecular complexity index is 424. The average molecular weight is 232 g/mol. The highest BCUT2D eigenvalue weighted by Gasteiger charge is 2.58. The standard InChI is InChI=1S/C14H16O3/c1-16-13(15)12-10-14(12,17-2)9-8-11-6-4-3-5-7-11/h3-9,12H,10H2,1-2H3/b9-8+/t12-,14+/m1/s1. The molecule has 17 heavy (non-hydrogen) atoms. The lowest BCUT2D eigenvalue weighted by molar-refractivity contribution is -0.143. The highest BCUT2D eigenvalue weighted by molar-refractivity contribution is 5.79. The predicted octanol–water partition coefficient (Wildman–Crippen LogP) is 2.28. The van der Waals surface area contributed by atoms with Gasteiger partial charge in [-0.15, -0.1) is 0 Å². The van der Waals surface area contributed by atoms with Crippen molar-refractivity contribution in [3.05, 3.63) is 42.0 Å². The van der Waals surface area contributed by atoms with Crippen molar-refractivity contribution in [2.24, 2.45) is 5.92 Å². The summed E-state index contributed by atoms with van der Waals surface area (Å²) in [5.41, 5.74) is 0.627. The lowest BCUT2D eigenvalue weighted by atomic mass is 10.1. The Labute approximate surface area is 101 Å². The van der Waals surface area contributed by atoms with Crippen LogP contribution in [0.3, 0.4) is 0 Å². The summed E-state index contributed by atoms with van der Waals surface area (Å²) in [5.74, 6) is -0.373. The number of esters is 1. The van der Waals surface area contributed by atoms with Crippen molar-refractivity contribution in [1.82, 2.24) is 0 Å². The molecule has 0 aromatic heterocycles. The van der Waals surface area contributed by atoms with Crippen LogP contribution in [0.5, 0.6) is 0 Å². The van der Waals surface area contributed by atoms with Gasteiger partial charge < -0.3 is 9.47 Å². The Morgan fingerprint density at radius 1 is 1.35 bits per heavy atom. The number of rotatable bonds is 4. The topological polar surface area (TPSA) is 35.5 Å². The fraction of sp³-hybridized carbons (Fsp3) is 0.357. The summed E-state index contributed by atoms with van der Waals surface area (Å²) in [5, 5.41) is 0. The summed E-state index contributed by atoms with van der Waals surface area (Å²) in [6, 6.07) is 9.94. The van der Waals surface area contributed by atoms with E-state index in [9.17, 15) is 4.79 Å². The van der Waals surface area contributed by atoms with E-state index in [0.29, 0.717) is 6.42 Å². The number of methoxy groups -OCH3 is 2. The average Bonchev–Trinajstić information content (AvgIpc) is 3.12. The molecule has 2 atom stereocenters. The molecule has 0 N–H and O–H groups in total. The van der Waals surface area contributed by atoms with Crippen LogP contribution in [0.25, 0.3) is 6.08 Å². The minimum Gasteiger partial charge on any atom is -0.469 e. The number of benzene rings is 1. The summed E-state index contributed by atoms with van der Waals surface area (Å²) < 4.78 is 10.1. The van der Waals surface area contributed by atoms with E-state index in [1.54, 1.807) is 7.11 Å². The zero-order valence-electron chi connectivity index (χ0n) is 10.1. The van der Waals surface area contributed by atoms with Crippen LogP contribution in [0, 0.1) is 5.92 Å². The molecule has 3 nitrogen and oxygen atoms in total. The zero-order chi connectivity index (χ0) is 12.3. The van der Waals surface area contributed by atoms with E-state index < -0.39 is 5.60 Å². The first-order valence-electron chi connectivity index (χ1n) is 5.59. The van der Waals surface area contributed by atoms with E-state index in [1.807, 2.05) is 42.5 Å². The third-order valence-electron chi connectivity index (χ3n) is 3.18. The van der Waals surface area contributed by atoms with Gasteiger partial charge in [-0.2, -0.15) is 0 Å². The molecular formula is C14H16O3. The largest absolute Gasteiger partial charge is 0.469 e. The SMILES string of the molecule is COC(=O)[C@H]1C[C@]1(/C=C/c1ccccc1)OC. The van der Waals surface area contributed by atoms with E-state index in [2.05, 4.69) is 0 Å². The normalized spacial score (nSPS) is 27.1. The van der Waals surface area contributed by atoms with Crippen LogP contribution in [-0.2, 0) is 14.3 Å². The van der Waals surface area contributed by atoms with Gasteiger partial charge in [0.25, 0.3) is 0 Å². The van der Waals surface area contributed by atoms with Gasteiger partial charge in [-0.3, -0.25) is 4.79 Å². The van der Waals surface area contributed by atoms with Crippen LogP contribution < -0.4 is 0 Å². The van der Waals surface area contributed by atoms with Crippen LogP contribution in [0.1, 0.15) is 12.0 Å². The van der Waals surface area contributed by atoms with Gasteiger partial charge in [-0.25, -0.2) is 0 Å². The summed E-state index contributed by atoms with van der Waals surface area (Å²) >= 11 is 0. The Morgan fingerprint density at radius 3 is 2.65 bits per heavy atom. The monoisotopic (exact) mass is 232 g/mol. The van der Waals surface area contributed by atoms with Crippen molar-refractivity contribution in [1.29, 1.82) is 0 Å². The molecule has 1 aliphatic carbocycles. The molecule has 0 amide bonds. The van der Waals surface area contributed by atoms with Crippen LogP contribution in [0.15, 0.2) is 36.4 Å². The zero-order valence-corrected chi connectivity index (χ0v) is 10.1. The molecule has 0 bridgehead atoms. The molecule has 1 saturated carbocycles. The summed E-state index contributed by atoms with van der Waals surface area (Å²) in [6.45, 7) is 0. The van der Waals surface area contributed by atoms with E-state index in [1.165, 1.54) is 7.11 Å². The fourth-order valence-corrected chi connectivity index (χ4v) is 1.96. The van der Waals surface area contributed by atoms with Gasteiger partial charge >= 0.3 is 5.97 Å². The van der Waals surface area contributed by atoms with E-state index in [0.717, 1.165) is 5.56 Å². The number of ether oxygens (including phenoxy) is 2. The smallest absolute Gasteiger partial charge is 0.312 e. The Hall–Kier alpha value is -1.61. The first-order valence-corrected chi connectivity index (χ1v) is 5.59. The van der Waals surface area contributed by atoms with Crippen LogP contribution in [0.2, 0.25) is 0 Å². The molecule has 1 fully saturated rings. The maximum absolute atomic E-state index is 11.4. The van der Waals surface area contributed by atoms with Gasteiger partial charge in [0.05, 0.1) is 13.0 Å². The molecule has 0 radical (unpaired) electrons. The molecule has 1 aliphatic rings. The second kappa shape index (κ2) is 4.72. The molecule has 0 unspecified atom stereocenters. The Kier molecular flexibility index (Phi) is 3.29. The molecular weight excluding hydrogens is 216 g/mol. The summed E-state index contributed by atoms with van der Waals surface area (Å²) in [4.78, 5) is 11.4. The first-order chi connectivity index (χ1) is 8.22. The van der Waals surface area contributed by atoms with Crippen molar-refractivity contribution < 1.29 is 14.3 Å². The van der Waals surface area contributed by atoms with Gasteiger partial charge in [-0.05, 0) is 12.0 Å². The predicted molar refractivity (Wildman–Crippen MR) is 65.3 cm³/mol. The summed E-state index contributed by atoms with van der Waals surface area (Å²) in [6.07, 6.45) is 4.62. The van der Waals surface area contributed by atoms with E-state index >= 15 is 0 Å². The van der Waals surface area contributed by atoms with Gasteiger partial charge in [0.15, 0.2) is 0 Å². The van der Waals surface area contributed by atoms with Crippen LogP contribution >= 0.6 is 0 Å². The Balaban J connectivity index is 2.08. The highest BCUT2D eigenvalue weighted by atomic mass is 16.5. The van der Waals surface area contributed by atoms with Crippen LogP contribution in [0.4, 0.5) is 0 Å². The van der Waals surface area contributed by atoms with Crippen molar-refractivity contribution >= 4 is 12.0 Å². The van der Waals surface area contributed by atoms with Crippen molar-refractivity contribution in [2.45, 2.75) is 12.0 Å². The highest BCUT2D eigenvalue weighted by Crippen LogP contribution is 2.48. The third kappa shape index (κ3) is 2.39. The third-order valence-corrected chi connectivity index (χ3v) is 3.18. The molecule has 2 rings (SSSR count). The molecule has 0 saturated heterocycles. The van der Waals surface area contributed by atoms with E-state index in [-0.39, 0.29) is 11.9 Å². The molecule has 3 heteroatoms. The number of carbonyl (C=O) groups is 1. The number of hydrogen-bond donors (Lipinski definition) is 0. The molecule has 0 aliphatic heterocycles. The second-order valence-electron chi connectivity index (χ2n) is 4.18. The Morgan fingerprint density at radius 2 is 2.06 bits per heavy atom. The number of hydrogen-bond acceptors (Lipinski definition) is 3. The molecule has 0 heterocycles. The maximum Gasteiger partial charge on any atom is 0.312 e. The van der Waals surface area contributed by atoms with Crippen molar-refractivity contribution in [3.63, 3.8) is 0 Å². The van der Waals surface area contributed by atoms with Gasteiger partial charge in [0.2, 0.25) is 0 Å². The molecule has 0 spiro atoms. The van der Waals surface area contributed by atoms with Crippen LogP contribution in [-0.4, -0.2) is 25.8 Å². The second-order valence-corrected chi connectivity index (χ2v) is 4.18. The van der Waals surface area contributed by atoms with E-state index in [4.69, 9.17) is 9.47 Å². The van der Waals surface area contributed by atoms with Crippen molar-refractivity contribution in [3.8, 4) is 0 Å². The van der Waals surface area contributed by atoms with Gasteiger partial charge in [-0.1, -0.05) is 42.5 Å². The molecule has 90 valence electrons. The lowest BCUT2D eigenvalue weighted by Crippen LogP contribution is -2.17. The van der Waals surface area contributed by atoms with Crippen molar-refractivity contribution in [2.75, 3.05) is 14.2 Å². The molecule has 1 aromatic carbocycles. The maximum atomic E-state index is 11.4. The van der Waals surface area contributed by atoms with Gasteiger partial charge in [0, 0.05) is 7.11 Å². The molecule has 1 aromatic rings. The fourth-order valence-electron chi connectivity index (χ4n) is 1.96.